The Balaban J connectivity index is 2.05. The van der Waals surface area contributed by atoms with E-state index in [-0.39, 0.29) is 11.6 Å². The highest BCUT2D eigenvalue weighted by Gasteiger charge is 2.26. The Morgan fingerprint density at radius 2 is 2.21 bits per heavy atom. The first-order chi connectivity index (χ1) is 9.20. The van der Waals surface area contributed by atoms with E-state index in [1.165, 1.54) is 12.1 Å². The predicted molar refractivity (Wildman–Crippen MR) is 74.1 cm³/mol. The SMILES string of the molecule is CCNCCc1cn(C2CC2)c2cc(F)cc(O)c12. The van der Waals surface area contributed by atoms with E-state index in [1.54, 1.807) is 0 Å². The number of nitrogens with one attached hydrogen (secondary N) is 1. The van der Waals surface area contributed by atoms with E-state index in [4.69, 9.17) is 0 Å². The molecule has 0 aliphatic heterocycles. The Morgan fingerprint density at radius 3 is 2.89 bits per heavy atom. The molecule has 3 rings (SSSR count). The molecule has 2 N–H and O–H groups in total. The number of benzene rings is 1. The fourth-order valence-corrected chi connectivity index (χ4v) is 2.66. The number of hydrogen-bond donors (Lipinski definition) is 2. The summed E-state index contributed by atoms with van der Waals surface area (Å²) in [5.41, 5.74) is 1.92. The van der Waals surface area contributed by atoms with Gasteiger partial charge < -0.3 is 15.0 Å². The monoisotopic (exact) mass is 262 g/mol. The maximum atomic E-state index is 13.5. The molecule has 1 fully saturated rings. The second kappa shape index (κ2) is 4.85. The smallest absolute Gasteiger partial charge is 0.129 e. The first-order valence-electron chi connectivity index (χ1n) is 6.93. The van der Waals surface area contributed by atoms with E-state index < -0.39 is 0 Å². The highest BCUT2D eigenvalue weighted by atomic mass is 19.1. The number of fused-ring (bicyclic) bond motifs is 1. The van der Waals surface area contributed by atoms with Gasteiger partial charge in [-0.15, -0.1) is 0 Å². The second-order valence-corrected chi connectivity index (χ2v) is 5.22. The largest absolute Gasteiger partial charge is 0.507 e. The van der Waals surface area contributed by atoms with Crippen LogP contribution in [0.1, 0.15) is 31.4 Å². The summed E-state index contributed by atoms with van der Waals surface area (Å²) in [7, 11) is 0. The van der Waals surface area contributed by atoms with Crippen LogP contribution in [0.25, 0.3) is 10.9 Å². The average Bonchev–Trinajstić information content (AvgIpc) is 3.13. The van der Waals surface area contributed by atoms with Crippen molar-refractivity contribution in [1.29, 1.82) is 0 Å². The molecule has 1 saturated carbocycles. The van der Waals surface area contributed by atoms with Crippen molar-refractivity contribution in [2.75, 3.05) is 13.1 Å². The van der Waals surface area contributed by atoms with Crippen LogP contribution in [0.2, 0.25) is 0 Å². The van der Waals surface area contributed by atoms with E-state index in [2.05, 4.69) is 23.0 Å². The van der Waals surface area contributed by atoms with Crippen LogP contribution < -0.4 is 5.32 Å². The van der Waals surface area contributed by atoms with Crippen LogP contribution in [0.15, 0.2) is 18.3 Å². The number of hydrogen-bond acceptors (Lipinski definition) is 2. The Labute approximate surface area is 112 Å². The molecule has 2 aromatic rings. The van der Waals surface area contributed by atoms with Crippen molar-refractivity contribution in [2.24, 2.45) is 0 Å². The molecule has 0 unspecified atom stereocenters. The molecule has 4 heteroatoms. The van der Waals surface area contributed by atoms with Gasteiger partial charge in [0.2, 0.25) is 0 Å². The Bertz CT molecular complexity index is 602. The van der Waals surface area contributed by atoms with Gasteiger partial charge in [0, 0.05) is 23.7 Å². The van der Waals surface area contributed by atoms with Crippen molar-refractivity contribution in [2.45, 2.75) is 32.2 Å². The third kappa shape index (κ3) is 2.32. The zero-order valence-corrected chi connectivity index (χ0v) is 11.1. The van der Waals surface area contributed by atoms with Crippen molar-refractivity contribution in [3.8, 4) is 5.75 Å². The minimum Gasteiger partial charge on any atom is -0.507 e. The highest BCUT2D eigenvalue weighted by Crippen LogP contribution is 2.41. The Morgan fingerprint density at radius 1 is 1.42 bits per heavy atom. The van der Waals surface area contributed by atoms with Gasteiger partial charge in [0.25, 0.3) is 0 Å². The summed E-state index contributed by atoms with van der Waals surface area (Å²) in [6.07, 6.45) is 5.23. The standard InChI is InChI=1S/C15H19FN2O/c1-2-17-6-5-10-9-18(12-3-4-12)13-7-11(16)8-14(19)15(10)13/h7-9,12,17,19H,2-6H2,1H3. The number of aromatic hydroxyl groups is 1. The number of phenolic OH excluding ortho intramolecular Hbond substituents is 1. The van der Waals surface area contributed by atoms with Crippen LogP contribution in [0.3, 0.4) is 0 Å². The summed E-state index contributed by atoms with van der Waals surface area (Å²) in [5, 5.41) is 14.1. The lowest BCUT2D eigenvalue weighted by Crippen LogP contribution is -2.15. The fourth-order valence-electron chi connectivity index (χ4n) is 2.66. The van der Waals surface area contributed by atoms with Gasteiger partial charge in [-0.25, -0.2) is 4.39 Å². The molecule has 0 radical (unpaired) electrons. The lowest BCUT2D eigenvalue weighted by molar-refractivity contribution is 0.475. The van der Waals surface area contributed by atoms with Gasteiger partial charge in [0.15, 0.2) is 0 Å². The quantitative estimate of drug-likeness (QED) is 0.813. The van der Waals surface area contributed by atoms with Crippen molar-refractivity contribution in [3.05, 3.63) is 29.7 Å². The molecule has 19 heavy (non-hydrogen) atoms. The minimum atomic E-state index is -0.372. The summed E-state index contributed by atoms with van der Waals surface area (Å²) in [6, 6.07) is 3.22. The number of phenols is 1. The molecule has 1 aromatic carbocycles. The van der Waals surface area contributed by atoms with Crippen LogP contribution in [-0.2, 0) is 6.42 Å². The zero-order valence-electron chi connectivity index (χ0n) is 11.1. The molecule has 0 amide bonds. The van der Waals surface area contributed by atoms with E-state index in [1.807, 2.05) is 0 Å². The topological polar surface area (TPSA) is 37.2 Å². The van der Waals surface area contributed by atoms with Gasteiger partial charge >= 0.3 is 0 Å². The van der Waals surface area contributed by atoms with Crippen molar-refractivity contribution in [3.63, 3.8) is 0 Å². The highest BCUT2D eigenvalue weighted by molar-refractivity contribution is 5.90. The molecular formula is C15H19FN2O. The number of nitrogens with zero attached hydrogens (tertiary/aromatic N) is 1. The number of likely N-dealkylation sites (N-methyl/N-ethyl adjacent to an activating group) is 1. The van der Waals surface area contributed by atoms with Gasteiger partial charge in [-0.05, 0) is 44.0 Å². The molecule has 1 aliphatic carbocycles. The molecule has 1 aliphatic rings. The molecule has 0 bridgehead atoms. The summed E-state index contributed by atoms with van der Waals surface area (Å²) in [5.74, 6) is -0.316. The van der Waals surface area contributed by atoms with Gasteiger partial charge in [-0.3, -0.25) is 0 Å². The number of rotatable bonds is 5. The van der Waals surface area contributed by atoms with Crippen LogP contribution >= 0.6 is 0 Å². The van der Waals surface area contributed by atoms with Crippen LogP contribution in [-0.4, -0.2) is 22.8 Å². The first kappa shape index (κ1) is 12.5. The Hall–Kier alpha value is -1.55. The molecule has 102 valence electrons. The summed E-state index contributed by atoms with van der Waals surface area (Å²) in [4.78, 5) is 0. The van der Waals surface area contributed by atoms with Crippen molar-refractivity contribution >= 4 is 10.9 Å². The molecular weight excluding hydrogens is 243 g/mol. The lowest BCUT2D eigenvalue weighted by atomic mass is 10.1. The van der Waals surface area contributed by atoms with Crippen LogP contribution in [0.4, 0.5) is 4.39 Å². The summed E-state index contributed by atoms with van der Waals surface area (Å²) < 4.78 is 15.6. The molecule has 0 saturated heterocycles. The van der Waals surface area contributed by atoms with E-state index >= 15 is 0 Å². The summed E-state index contributed by atoms with van der Waals surface area (Å²) >= 11 is 0. The lowest BCUT2D eigenvalue weighted by Gasteiger charge is -2.03. The van der Waals surface area contributed by atoms with Gasteiger partial charge in [0.1, 0.15) is 11.6 Å². The third-order valence-electron chi connectivity index (χ3n) is 3.72. The second-order valence-electron chi connectivity index (χ2n) is 5.22. The molecule has 0 spiro atoms. The molecule has 0 atom stereocenters. The van der Waals surface area contributed by atoms with E-state index in [9.17, 15) is 9.50 Å². The maximum Gasteiger partial charge on any atom is 0.129 e. The third-order valence-corrected chi connectivity index (χ3v) is 3.72. The van der Waals surface area contributed by atoms with Gasteiger partial charge in [-0.2, -0.15) is 0 Å². The first-order valence-corrected chi connectivity index (χ1v) is 6.93. The summed E-state index contributed by atoms with van der Waals surface area (Å²) in [6.45, 7) is 3.87. The molecule has 1 heterocycles. The predicted octanol–water partition coefficient (Wildman–Crippen LogP) is 2.97. The molecule has 3 nitrogen and oxygen atoms in total. The normalized spacial score (nSPS) is 15.3. The average molecular weight is 262 g/mol. The maximum absolute atomic E-state index is 13.5. The van der Waals surface area contributed by atoms with Crippen molar-refractivity contribution < 1.29 is 9.50 Å². The van der Waals surface area contributed by atoms with Crippen LogP contribution in [0.5, 0.6) is 5.75 Å². The Kier molecular flexibility index (Phi) is 3.19. The zero-order chi connectivity index (χ0) is 13.4. The van der Waals surface area contributed by atoms with E-state index in [0.717, 1.165) is 48.8 Å². The van der Waals surface area contributed by atoms with Gasteiger partial charge in [0.05, 0.1) is 5.52 Å². The van der Waals surface area contributed by atoms with Crippen molar-refractivity contribution in [1.82, 2.24) is 9.88 Å². The fraction of sp³-hybridized carbons (Fsp3) is 0.467. The molecule has 1 aromatic heterocycles. The minimum absolute atomic E-state index is 0.0564. The number of halogens is 1. The van der Waals surface area contributed by atoms with E-state index in [0.29, 0.717) is 6.04 Å². The number of aromatic nitrogens is 1. The van der Waals surface area contributed by atoms with Crippen LogP contribution in [0, 0.1) is 5.82 Å². The van der Waals surface area contributed by atoms with Gasteiger partial charge in [-0.1, -0.05) is 6.92 Å².